The molecule has 26 heavy (non-hydrogen) atoms. The van der Waals surface area contributed by atoms with Crippen LogP contribution in [-0.2, 0) is 11.3 Å². The first kappa shape index (κ1) is 17.7. The average molecular weight is 358 g/mol. The van der Waals surface area contributed by atoms with E-state index in [-0.39, 0.29) is 31.0 Å². The summed E-state index contributed by atoms with van der Waals surface area (Å²) in [5, 5.41) is 2.58. The number of hydrogen-bond donors (Lipinski definition) is 1. The van der Waals surface area contributed by atoms with Gasteiger partial charge in [0.15, 0.2) is 11.5 Å². The van der Waals surface area contributed by atoms with Gasteiger partial charge in [0.05, 0.1) is 12.6 Å². The zero-order chi connectivity index (χ0) is 18.5. The van der Waals surface area contributed by atoms with Crippen LogP contribution in [0.3, 0.4) is 0 Å². The summed E-state index contributed by atoms with van der Waals surface area (Å²) in [4.78, 5) is 16.6. The highest BCUT2D eigenvalue weighted by Crippen LogP contribution is 2.32. The van der Waals surface area contributed by atoms with E-state index in [1.165, 1.54) is 18.2 Å². The molecular weight excluding hydrogens is 339 g/mol. The van der Waals surface area contributed by atoms with Crippen LogP contribution >= 0.6 is 0 Å². The fourth-order valence-electron chi connectivity index (χ4n) is 2.33. The summed E-state index contributed by atoms with van der Waals surface area (Å²) in [7, 11) is 0. The first-order valence-electron chi connectivity index (χ1n) is 8.18. The van der Waals surface area contributed by atoms with Crippen molar-refractivity contribution in [2.75, 3.05) is 6.79 Å². The molecule has 0 aromatic heterocycles. The van der Waals surface area contributed by atoms with Gasteiger partial charge in [-0.2, -0.15) is 0 Å². The Bertz CT molecular complexity index is 836. The second-order valence-electron chi connectivity index (χ2n) is 5.94. The van der Waals surface area contributed by atoms with E-state index in [9.17, 15) is 9.18 Å². The normalized spacial score (nSPS) is 13.0. The second-order valence-corrected chi connectivity index (χ2v) is 5.94. The number of nitrogens with zero attached hydrogens (tertiary/aromatic N) is 1. The van der Waals surface area contributed by atoms with Gasteiger partial charge in [0.25, 0.3) is 11.9 Å². The molecule has 0 saturated carbocycles. The monoisotopic (exact) mass is 358 g/mol. The third kappa shape index (κ3) is 4.50. The molecule has 1 aliphatic rings. The van der Waals surface area contributed by atoms with Crippen molar-refractivity contribution in [3.63, 3.8) is 0 Å². The number of fused-ring (bicyclic) bond motifs is 1. The number of aliphatic imine (C=N–C) groups is 1. The lowest BCUT2D eigenvalue weighted by molar-refractivity contribution is 0.0959. The second kappa shape index (κ2) is 7.86. The van der Waals surface area contributed by atoms with Crippen LogP contribution in [-0.4, -0.2) is 24.8 Å². The molecule has 0 aliphatic carbocycles. The van der Waals surface area contributed by atoms with Crippen molar-refractivity contribution in [1.82, 2.24) is 5.32 Å². The van der Waals surface area contributed by atoms with E-state index >= 15 is 0 Å². The van der Waals surface area contributed by atoms with Gasteiger partial charge >= 0.3 is 0 Å². The number of carbonyl (C=O) groups excluding carboxylic acids is 1. The number of amidine groups is 1. The van der Waals surface area contributed by atoms with Crippen LogP contribution in [0, 0.1) is 5.82 Å². The number of amides is 1. The number of rotatable bonds is 4. The van der Waals surface area contributed by atoms with Crippen molar-refractivity contribution >= 4 is 11.9 Å². The topological polar surface area (TPSA) is 69.2 Å². The van der Waals surface area contributed by atoms with E-state index in [1.54, 1.807) is 0 Å². The molecule has 2 aromatic carbocycles. The minimum atomic E-state index is -0.491. The Hall–Kier alpha value is -3.09. The summed E-state index contributed by atoms with van der Waals surface area (Å²) in [5.41, 5.74) is 1.06. The van der Waals surface area contributed by atoms with Crippen LogP contribution < -0.4 is 14.8 Å². The summed E-state index contributed by atoms with van der Waals surface area (Å²) in [6.07, 6.45) is -0.182. The Morgan fingerprint density at radius 1 is 1.23 bits per heavy atom. The minimum Gasteiger partial charge on any atom is -0.462 e. The van der Waals surface area contributed by atoms with Crippen LogP contribution in [0.15, 0.2) is 47.5 Å². The number of hydrogen-bond acceptors (Lipinski definition) is 5. The van der Waals surface area contributed by atoms with E-state index in [0.29, 0.717) is 11.5 Å². The Kier molecular flexibility index (Phi) is 5.36. The highest BCUT2D eigenvalue weighted by molar-refractivity contribution is 6.04. The van der Waals surface area contributed by atoms with Crippen molar-refractivity contribution in [2.45, 2.75) is 26.5 Å². The van der Waals surface area contributed by atoms with Gasteiger partial charge in [0.2, 0.25) is 6.79 Å². The molecule has 136 valence electrons. The largest absolute Gasteiger partial charge is 0.462 e. The van der Waals surface area contributed by atoms with Crippen LogP contribution in [0.1, 0.15) is 29.8 Å². The zero-order valence-corrected chi connectivity index (χ0v) is 14.5. The first-order valence-corrected chi connectivity index (χ1v) is 8.18. The van der Waals surface area contributed by atoms with Crippen LogP contribution in [0.4, 0.5) is 4.39 Å². The number of carbonyl (C=O) groups is 1. The maximum atomic E-state index is 13.3. The van der Waals surface area contributed by atoms with Gasteiger partial charge < -0.3 is 14.2 Å². The molecule has 1 heterocycles. The van der Waals surface area contributed by atoms with Gasteiger partial charge in [-0.05, 0) is 49.7 Å². The molecule has 0 bridgehead atoms. The SMILES string of the molecule is CC(C)OC(=NCc1ccc2c(c1)OCO2)NC(=O)c1cccc(F)c1. The summed E-state index contributed by atoms with van der Waals surface area (Å²) in [6, 6.07) is 11.0. The van der Waals surface area contributed by atoms with E-state index in [0.717, 1.165) is 11.6 Å². The van der Waals surface area contributed by atoms with Gasteiger partial charge in [-0.3, -0.25) is 10.1 Å². The lowest BCUT2D eigenvalue weighted by atomic mass is 10.2. The summed E-state index contributed by atoms with van der Waals surface area (Å²) < 4.78 is 29.5. The van der Waals surface area contributed by atoms with E-state index < -0.39 is 11.7 Å². The standard InChI is InChI=1S/C19H19FN2O4/c1-12(2)26-19(22-18(23)14-4-3-5-15(20)9-14)21-10-13-6-7-16-17(8-13)25-11-24-16/h3-9,12H,10-11H2,1-2H3,(H,21,22,23). The molecule has 2 aromatic rings. The lowest BCUT2D eigenvalue weighted by Crippen LogP contribution is -2.34. The molecule has 0 fully saturated rings. The van der Waals surface area contributed by atoms with Crippen molar-refractivity contribution in [1.29, 1.82) is 0 Å². The highest BCUT2D eigenvalue weighted by atomic mass is 19.1. The number of nitrogens with one attached hydrogen (secondary N) is 1. The maximum Gasteiger partial charge on any atom is 0.292 e. The first-order chi connectivity index (χ1) is 12.5. The van der Waals surface area contributed by atoms with Gasteiger partial charge in [-0.25, -0.2) is 9.38 Å². The third-order valence-corrected chi connectivity index (χ3v) is 3.50. The predicted octanol–water partition coefficient (Wildman–Crippen LogP) is 3.27. The fraction of sp³-hybridized carbons (Fsp3) is 0.263. The van der Waals surface area contributed by atoms with Crippen LogP contribution in [0.25, 0.3) is 0 Å². The molecule has 0 unspecified atom stereocenters. The summed E-state index contributed by atoms with van der Waals surface area (Å²) in [5.74, 6) is 0.375. The summed E-state index contributed by atoms with van der Waals surface area (Å²) in [6.45, 7) is 4.13. The molecule has 0 atom stereocenters. The molecule has 6 nitrogen and oxygen atoms in total. The van der Waals surface area contributed by atoms with E-state index in [1.807, 2.05) is 32.0 Å². The van der Waals surface area contributed by atoms with Crippen LogP contribution in [0.5, 0.6) is 11.5 Å². The predicted molar refractivity (Wildman–Crippen MR) is 93.8 cm³/mol. The van der Waals surface area contributed by atoms with Crippen molar-refractivity contribution < 1.29 is 23.4 Å². The lowest BCUT2D eigenvalue weighted by Gasteiger charge is -2.13. The van der Waals surface area contributed by atoms with Crippen molar-refractivity contribution in [3.05, 3.63) is 59.4 Å². The average Bonchev–Trinajstić information content (AvgIpc) is 3.07. The van der Waals surface area contributed by atoms with E-state index in [4.69, 9.17) is 14.2 Å². The minimum absolute atomic E-state index is 0.0759. The van der Waals surface area contributed by atoms with Crippen molar-refractivity contribution in [3.8, 4) is 11.5 Å². The molecule has 0 spiro atoms. The van der Waals surface area contributed by atoms with Gasteiger partial charge in [-0.1, -0.05) is 12.1 Å². The Morgan fingerprint density at radius 3 is 2.81 bits per heavy atom. The molecule has 0 radical (unpaired) electrons. The number of ether oxygens (including phenoxy) is 3. The molecule has 1 amide bonds. The third-order valence-electron chi connectivity index (χ3n) is 3.50. The molecule has 0 saturated heterocycles. The zero-order valence-electron chi connectivity index (χ0n) is 14.5. The highest BCUT2D eigenvalue weighted by Gasteiger charge is 2.14. The fourth-order valence-corrected chi connectivity index (χ4v) is 2.33. The molecule has 3 rings (SSSR count). The van der Waals surface area contributed by atoms with Gasteiger partial charge in [0, 0.05) is 5.56 Å². The van der Waals surface area contributed by atoms with Crippen LogP contribution in [0.2, 0.25) is 0 Å². The van der Waals surface area contributed by atoms with Gasteiger partial charge in [-0.15, -0.1) is 0 Å². The number of halogens is 1. The molecule has 1 aliphatic heterocycles. The van der Waals surface area contributed by atoms with Crippen molar-refractivity contribution in [2.24, 2.45) is 4.99 Å². The van der Waals surface area contributed by atoms with E-state index in [2.05, 4.69) is 10.3 Å². The summed E-state index contributed by atoms with van der Waals surface area (Å²) >= 11 is 0. The molecular formula is C19H19FN2O4. The Morgan fingerprint density at radius 2 is 2.04 bits per heavy atom. The Labute approximate surface area is 150 Å². The molecule has 7 heteroatoms. The Balaban J connectivity index is 1.72. The van der Waals surface area contributed by atoms with Gasteiger partial charge in [0.1, 0.15) is 5.82 Å². The quantitative estimate of drug-likeness (QED) is 0.673. The number of benzene rings is 2. The smallest absolute Gasteiger partial charge is 0.292 e. The maximum absolute atomic E-state index is 13.3. The molecule has 1 N–H and O–H groups in total.